The molecule has 5 heteroatoms. The quantitative estimate of drug-likeness (QED) is 0.372. The van der Waals surface area contributed by atoms with Crippen molar-refractivity contribution in [3.05, 3.63) is 72.0 Å². The van der Waals surface area contributed by atoms with Gasteiger partial charge in [-0.1, -0.05) is 36.4 Å². The van der Waals surface area contributed by atoms with Gasteiger partial charge in [0.1, 0.15) is 17.3 Å². The Kier molecular flexibility index (Phi) is 6.33. The van der Waals surface area contributed by atoms with Crippen molar-refractivity contribution >= 4 is 10.9 Å². The Morgan fingerprint density at radius 2 is 1.84 bits per heavy atom. The number of fused-ring (bicyclic) bond motifs is 1. The van der Waals surface area contributed by atoms with Gasteiger partial charge in [-0.3, -0.25) is 4.68 Å². The van der Waals surface area contributed by atoms with Gasteiger partial charge in [-0.15, -0.1) is 0 Å². The summed E-state index contributed by atoms with van der Waals surface area (Å²) in [6.45, 7) is 3.65. The number of nitrogens with one attached hydrogen (secondary N) is 1. The molecule has 0 radical (unpaired) electrons. The van der Waals surface area contributed by atoms with Crippen LogP contribution in [0, 0.1) is 12.7 Å². The minimum atomic E-state index is -0.290. The second-order valence-electron chi connectivity index (χ2n) is 7.84. The van der Waals surface area contributed by atoms with Crippen LogP contribution in [0.5, 0.6) is 5.75 Å². The van der Waals surface area contributed by atoms with E-state index in [0.717, 1.165) is 52.7 Å². The first-order valence-electron chi connectivity index (χ1n) is 10.7. The molecule has 1 aromatic heterocycles. The Labute approximate surface area is 182 Å². The van der Waals surface area contributed by atoms with E-state index in [0.29, 0.717) is 17.9 Å². The minimum Gasteiger partial charge on any atom is -0.493 e. The molecule has 0 spiro atoms. The molecule has 0 bridgehead atoms. The molecular formula is C26H28FN3O. The molecule has 160 valence electrons. The highest BCUT2D eigenvalue weighted by atomic mass is 19.1. The van der Waals surface area contributed by atoms with Gasteiger partial charge in [0, 0.05) is 23.6 Å². The number of ether oxygens (including phenoxy) is 1. The van der Waals surface area contributed by atoms with E-state index >= 15 is 4.39 Å². The molecule has 31 heavy (non-hydrogen) atoms. The first-order valence-corrected chi connectivity index (χ1v) is 10.7. The average Bonchev–Trinajstić information content (AvgIpc) is 3.09. The molecule has 3 aromatic carbocycles. The number of halogens is 1. The van der Waals surface area contributed by atoms with Gasteiger partial charge in [0.25, 0.3) is 0 Å². The summed E-state index contributed by atoms with van der Waals surface area (Å²) in [7, 11) is 3.84. The van der Waals surface area contributed by atoms with Crippen molar-refractivity contribution in [1.82, 2.24) is 15.1 Å². The van der Waals surface area contributed by atoms with Gasteiger partial charge in [-0.05, 0) is 68.8 Å². The number of rotatable bonds is 8. The Morgan fingerprint density at radius 1 is 1.00 bits per heavy atom. The van der Waals surface area contributed by atoms with Gasteiger partial charge in [0.05, 0.1) is 12.1 Å². The maximum atomic E-state index is 15.3. The van der Waals surface area contributed by atoms with Crippen LogP contribution in [-0.2, 0) is 7.05 Å². The zero-order chi connectivity index (χ0) is 21.8. The fourth-order valence-electron chi connectivity index (χ4n) is 3.86. The van der Waals surface area contributed by atoms with Crippen molar-refractivity contribution in [2.45, 2.75) is 19.8 Å². The van der Waals surface area contributed by atoms with Gasteiger partial charge in [0.15, 0.2) is 0 Å². The molecular weight excluding hydrogens is 389 g/mol. The summed E-state index contributed by atoms with van der Waals surface area (Å²) < 4.78 is 23.1. The largest absolute Gasteiger partial charge is 0.493 e. The monoisotopic (exact) mass is 417 g/mol. The summed E-state index contributed by atoms with van der Waals surface area (Å²) in [5, 5.41) is 8.68. The van der Waals surface area contributed by atoms with E-state index in [4.69, 9.17) is 4.74 Å². The highest BCUT2D eigenvalue weighted by molar-refractivity contribution is 5.94. The van der Waals surface area contributed by atoms with E-state index in [1.54, 1.807) is 6.07 Å². The van der Waals surface area contributed by atoms with Crippen molar-refractivity contribution < 1.29 is 9.13 Å². The predicted molar refractivity (Wildman–Crippen MR) is 125 cm³/mol. The van der Waals surface area contributed by atoms with Crippen molar-refractivity contribution in [1.29, 1.82) is 0 Å². The molecule has 0 saturated carbocycles. The van der Waals surface area contributed by atoms with Crippen LogP contribution in [0.15, 0.2) is 60.7 Å². The maximum Gasteiger partial charge on any atom is 0.133 e. The van der Waals surface area contributed by atoms with E-state index < -0.39 is 0 Å². The molecule has 4 nitrogen and oxygen atoms in total. The molecule has 0 unspecified atom stereocenters. The Balaban J connectivity index is 1.64. The van der Waals surface area contributed by atoms with Gasteiger partial charge < -0.3 is 10.1 Å². The maximum absolute atomic E-state index is 15.3. The minimum absolute atomic E-state index is 0.290. The summed E-state index contributed by atoms with van der Waals surface area (Å²) in [5.41, 5.74) is 5.00. The zero-order valence-corrected chi connectivity index (χ0v) is 18.3. The van der Waals surface area contributed by atoms with Gasteiger partial charge in [0.2, 0.25) is 0 Å². The predicted octanol–water partition coefficient (Wildman–Crippen LogP) is 5.73. The second-order valence-corrected chi connectivity index (χ2v) is 7.84. The van der Waals surface area contributed by atoms with E-state index in [1.165, 1.54) is 0 Å². The Hall–Kier alpha value is -3.18. The van der Waals surface area contributed by atoms with Gasteiger partial charge in [-0.25, -0.2) is 4.39 Å². The van der Waals surface area contributed by atoms with Crippen LogP contribution in [-0.4, -0.2) is 30.0 Å². The van der Waals surface area contributed by atoms with E-state index in [9.17, 15) is 0 Å². The van der Waals surface area contributed by atoms with Gasteiger partial charge >= 0.3 is 0 Å². The lowest BCUT2D eigenvalue weighted by Crippen LogP contribution is -2.09. The van der Waals surface area contributed by atoms with Crippen LogP contribution in [0.4, 0.5) is 4.39 Å². The number of hydrogen-bond donors (Lipinski definition) is 1. The molecule has 0 amide bonds. The van der Waals surface area contributed by atoms with Crippen LogP contribution >= 0.6 is 0 Å². The number of aromatic nitrogens is 2. The zero-order valence-electron chi connectivity index (χ0n) is 18.3. The van der Waals surface area contributed by atoms with Crippen LogP contribution in [0.3, 0.4) is 0 Å². The molecule has 1 heterocycles. The molecule has 4 rings (SSSR count). The van der Waals surface area contributed by atoms with Crippen LogP contribution in [0.2, 0.25) is 0 Å². The highest BCUT2D eigenvalue weighted by Crippen LogP contribution is 2.35. The smallest absolute Gasteiger partial charge is 0.133 e. The number of aryl methyl sites for hydroxylation is 2. The fourth-order valence-corrected chi connectivity index (χ4v) is 3.86. The fraction of sp³-hybridized carbons (Fsp3) is 0.269. The molecule has 0 aliphatic rings. The van der Waals surface area contributed by atoms with E-state index in [1.807, 2.05) is 74.2 Å². The lowest BCUT2D eigenvalue weighted by Gasteiger charge is -2.12. The standard InChI is InChI=1S/C26H28FN3O/c1-18-10-12-22-24(16-18)30(3)29-26(22)21-13-11-19(17-23(21)27)20-8-4-5-9-25(20)31-15-7-6-14-28-2/h4-5,8-13,16-17,28H,6-7,14-15H2,1-3H3. The van der Waals surface area contributed by atoms with Crippen molar-refractivity contribution in [3.63, 3.8) is 0 Å². The summed E-state index contributed by atoms with van der Waals surface area (Å²) in [5.74, 6) is 0.486. The summed E-state index contributed by atoms with van der Waals surface area (Å²) in [4.78, 5) is 0. The van der Waals surface area contributed by atoms with E-state index in [2.05, 4.69) is 16.5 Å². The lowest BCUT2D eigenvalue weighted by molar-refractivity contribution is 0.307. The Bertz CT molecular complexity index is 1200. The SMILES string of the molecule is CNCCCCOc1ccccc1-c1ccc(-c2nn(C)c3cc(C)ccc23)c(F)c1. The number of nitrogens with zero attached hydrogens (tertiary/aromatic N) is 2. The van der Waals surface area contributed by atoms with Crippen molar-refractivity contribution in [2.75, 3.05) is 20.2 Å². The second kappa shape index (κ2) is 9.31. The molecule has 0 aliphatic heterocycles. The average molecular weight is 418 g/mol. The molecule has 0 fully saturated rings. The summed E-state index contributed by atoms with van der Waals surface area (Å²) >= 11 is 0. The van der Waals surface area contributed by atoms with Gasteiger partial charge in [-0.2, -0.15) is 5.10 Å². The first kappa shape index (κ1) is 21.1. The molecule has 1 N–H and O–H groups in total. The van der Waals surface area contributed by atoms with Crippen molar-refractivity contribution in [3.8, 4) is 28.1 Å². The lowest BCUT2D eigenvalue weighted by atomic mass is 10.00. The van der Waals surface area contributed by atoms with Crippen LogP contribution in [0.25, 0.3) is 33.3 Å². The third kappa shape index (κ3) is 4.47. The number of unbranched alkanes of at least 4 members (excludes halogenated alkanes) is 1. The number of hydrogen-bond acceptors (Lipinski definition) is 3. The molecule has 0 saturated heterocycles. The third-order valence-corrected chi connectivity index (χ3v) is 5.51. The number of benzene rings is 3. The molecule has 0 aliphatic carbocycles. The van der Waals surface area contributed by atoms with Crippen LogP contribution in [0.1, 0.15) is 18.4 Å². The number of para-hydroxylation sites is 1. The molecule has 4 aromatic rings. The Morgan fingerprint density at radius 3 is 2.65 bits per heavy atom. The summed E-state index contributed by atoms with van der Waals surface area (Å²) in [6.07, 6.45) is 2.02. The normalized spacial score (nSPS) is 11.2. The summed E-state index contributed by atoms with van der Waals surface area (Å²) in [6, 6.07) is 19.2. The van der Waals surface area contributed by atoms with Crippen molar-refractivity contribution in [2.24, 2.45) is 7.05 Å². The van der Waals surface area contributed by atoms with Crippen LogP contribution < -0.4 is 10.1 Å². The third-order valence-electron chi connectivity index (χ3n) is 5.51. The topological polar surface area (TPSA) is 39.1 Å². The first-order chi connectivity index (χ1) is 15.1. The van der Waals surface area contributed by atoms with E-state index in [-0.39, 0.29) is 5.82 Å². The molecule has 0 atom stereocenters. The highest BCUT2D eigenvalue weighted by Gasteiger charge is 2.16.